The fourth-order valence-electron chi connectivity index (χ4n) is 1.49. The first-order valence-corrected chi connectivity index (χ1v) is 4.60. The summed E-state index contributed by atoms with van der Waals surface area (Å²) in [5.74, 6) is -3.08. The highest BCUT2D eigenvalue weighted by atomic mass is 19.4. The molecule has 0 radical (unpaired) electrons. The van der Waals surface area contributed by atoms with Crippen molar-refractivity contribution in [1.29, 1.82) is 0 Å². The van der Waals surface area contributed by atoms with E-state index in [9.17, 15) is 22.8 Å². The zero-order valence-electron chi connectivity index (χ0n) is 8.20. The number of carboxylic acid groups (broad SMARTS) is 1. The largest absolute Gasteiger partial charge is 0.480 e. The van der Waals surface area contributed by atoms with Gasteiger partial charge in [0.25, 0.3) is 5.78 Å². The Balaban J connectivity index is 2.63. The van der Waals surface area contributed by atoms with E-state index in [1.54, 1.807) is 0 Å². The smallest absolute Gasteiger partial charge is 0.454 e. The Morgan fingerprint density at radius 1 is 1.38 bits per heavy atom. The van der Waals surface area contributed by atoms with Gasteiger partial charge in [-0.05, 0) is 12.8 Å². The maximum absolute atomic E-state index is 11.8. The van der Waals surface area contributed by atoms with Crippen LogP contribution in [-0.2, 0) is 9.59 Å². The summed E-state index contributed by atoms with van der Waals surface area (Å²) < 4.78 is 35.5. The van der Waals surface area contributed by atoms with E-state index in [1.807, 2.05) is 0 Å². The third-order valence-corrected chi connectivity index (χ3v) is 2.28. The first-order valence-electron chi connectivity index (χ1n) is 4.60. The third-order valence-electron chi connectivity index (χ3n) is 2.28. The Kier molecular flexibility index (Phi) is 3.56. The number of aliphatic carboxylic acids is 1. The second-order valence-electron chi connectivity index (χ2n) is 3.41. The lowest BCUT2D eigenvalue weighted by Crippen LogP contribution is -2.32. The molecule has 0 unspecified atom stereocenters. The van der Waals surface area contributed by atoms with Crippen LogP contribution < -0.4 is 0 Å². The summed E-state index contributed by atoms with van der Waals surface area (Å²) in [6.07, 6.45) is -2.68. The van der Waals surface area contributed by atoms with Crippen LogP contribution >= 0.6 is 0 Å². The van der Waals surface area contributed by atoms with Crippen molar-refractivity contribution in [2.75, 3.05) is 6.54 Å². The minimum Gasteiger partial charge on any atom is -0.480 e. The Hall–Kier alpha value is -1.53. The van der Waals surface area contributed by atoms with Crippen molar-refractivity contribution in [2.45, 2.75) is 25.1 Å². The number of carbonyl (C=O) groups excluding carboxylic acids is 1. The highest BCUT2D eigenvalue weighted by Gasteiger charge is 2.36. The number of likely N-dealkylation sites (tertiary alicyclic amines) is 1. The van der Waals surface area contributed by atoms with Crippen molar-refractivity contribution < 1.29 is 27.9 Å². The number of allylic oxidation sites excluding steroid dienone is 1. The molecule has 0 bridgehead atoms. The normalized spacial score (nSPS) is 21.7. The maximum Gasteiger partial charge on any atom is 0.454 e. The first kappa shape index (κ1) is 12.5. The van der Waals surface area contributed by atoms with Gasteiger partial charge in [-0.25, -0.2) is 4.79 Å². The van der Waals surface area contributed by atoms with Gasteiger partial charge in [0, 0.05) is 18.8 Å². The van der Waals surface area contributed by atoms with Gasteiger partial charge < -0.3 is 10.0 Å². The van der Waals surface area contributed by atoms with Crippen molar-refractivity contribution in [3.63, 3.8) is 0 Å². The van der Waals surface area contributed by atoms with E-state index in [4.69, 9.17) is 5.11 Å². The predicted octanol–water partition coefficient (Wildman–Crippen LogP) is 1.18. The number of carbonyl (C=O) groups is 2. The van der Waals surface area contributed by atoms with Gasteiger partial charge in [-0.15, -0.1) is 0 Å². The van der Waals surface area contributed by atoms with Crippen LogP contribution in [0.2, 0.25) is 0 Å². The second kappa shape index (κ2) is 4.54. The van der Waals surface area contributed by atoms with Gasteiger partial charge in [0.15, 0.2) is 0 Å². The highest BCUT2D eigenvalue weighted by molar-refractivity contribution is 5.94. The molecule has 1 N–H and O–H groups in total. The minimum absolute atomic E-state index is 0.346. The Labute approximate surface area is 89.3 Å². The van der Waals surface area contributed by atoms with Crippen molar-refractivity contribution in [3.8, 4) is 0 Å². The molecule has 0 spiro atoms. The van der Waals surface area contributed by atoms with E-state index in [2.05, 4.69) is 0 Å². The molecule has 0 aliphatic carbocycles. The van der Waals surface area contributed by atoms with Crippen molar-refractivity contribution in [2.24, 2.45) is 0 Å². The molecule has 1 atom stereocenters. The standard InChI is InChI=1S/C9H10F3NO3/c10-9(11,12)7(14)3-5-13-4-1-2-6(13)8(15)16/h3,5-6H,1-2,4H2,(H,15,16)/t6-/m0/s1. The second-order valence-corrected chi connectivity index (χ2v) is 3.41. The molecule has 1 rings (SSSR count). The molecule has 7 heteroatoms. The lowest BCUT2D eigenvalue weighted by molar-refractivity contribution is -0.165. The number of halogens is 3. The van der Waals surface area contributed by atoms with Gasteiger partial charge in [-0.2, -0.15) is 13.2 Å². The lowest BCUT2D eigenvalue weighted by atomic mass is 10.2. The van der Waals surface area contributed by atoms with Crippen LogP contribution in [0, 0.1) is 0 Å². The van der Waals surface area contributed by atoms with Crippen LogP contribution in [-0.4, -0.2) is 40.5 Å². The number of hydrogen-bond donors (Lipinski definition) is 1. The summed E-state index contributed by atoms with van der Waals surface area (Å²) in [5.41, 5.74) is 0. The van der Waals surface area contributed by atoms with Crippen molar-refractivity contribution >= 4 is 11.8 Å². The van der Waals surface area contributed by atoms with E-state index in [1.165, 1.54) is 4.90 Å². The molecule has 1 fully saturated rings. The molecule has 1 heterocycles. The predicted molar refractivity (Wildman–Crippen MR) is 47.6 cm³/mol. The van der Waals surface area contributed by atoms with Gasteiger partial charge in [-0.1, -0.05) is 0 Å². The first-order chi connectivity index (χ1) is 7.32. The van der Waals surface area contributed by atoms with E-state index in [0.717, 1.165) is 6.20 Å². The molecule has 0 aromatic carbocycles. The molecule has 1 aliphatic heterocycles. The fourth-order valence-corrected chi connectivity index (χ4v) is 1.49. The molecular weight excluding hydrogens is 227 g/mol. The topological polar surface area (TPSA) is 57.6 Å². The van der Waals surface area contributed by atoms with Crippen molar-refractivity contribution in [1.82, 2.24) is 4.90 Å². The van der Waals surface area contributed by atoms with Gasteiger partial charge in [-0.3, -0.25) is 4.79 Å². The zero-order chi connectivity index (χ0) is 12.3. The van der Waals surface area contributed by atoms with Gasteiger partial charge in [0.1, 0.15) is 6.04 Å². The van der Waals surface area contributed by atoms with E-state index >= 15 is 0 Å². The number of carboxylic acids is 1. The number of nitrogens with zero attached hydrogens (tertiary/aromatic N) is 1. The monoisotopic (exact) mass is 237 g/mol. The van der Waals surface area contributed by atoms with Gasteiger partial charge in [0.2, 0.25) is 0 Å². The molecule has 0 amide bonds. The third kappa shape index (κ3) is 2.98. The zero-order valence-corrected chi connectivity index (χ0v) is 8.20. The summed E-state index contributed by atoms with van der Waals surface area (Å²) >= 11 is 0. The Morgan fingerprint density at radius 2 is 2.00 bits per heavy atom. The molecule has 1 saturated heterocycles. The number of alkyl halides is 3. The fraction of sp³-hybridized carbons (Fsp3) is 0.556. The maximum atomic E-state index is 11.8. The average Bonchev–Trinajstić information content (AvgIpc) is 2.60. The van der Waals surface area contributed by atoms with Crippen LogP contribution in [0.25, 0.3) is 0 Å². The van der Waals surface area contributed by atoms with E-state index < -0.39 is 24.0 Å². The SMILES string of the molecule is O=C(O)[C@@H]1CCCN1C=CC(=O)C(F)(F)F. The summed E-state index contributed by atoms with van der Waals surface area (Å²) in [7, 11) is 0. The van der Waals surface area contributed by atoms with Crippen LogP contribution in [0.1, 0.15) is 12.8 Å². The molecule has 0 aromatic rings. The number of ketones is 1. The van der Waals surface area contributed by atoms with Crippen LogP contribution in [0.4, 0.5) is 13.2 Å². The quantitative estimate of drug-likeness (QED) is 0.749. The molecule has 4 nitrogen and oxygen atoms in total. The van der Waals surface area contributed by atoms with Crippen LogP contribution in [0.15, 0.2) is 12.3 Å². The van der Waals surface area contributed by atoms with Gasteiger partial charge in [0.05, 0.1) is 0 Å². The number of hydrogen-bond acceptors (Lipinski definition) is 3. The summed E-state index contributed by atoms with van der Waals surface area (Å²) in [5, 5.41) is 8.73. The molecule has 0 aromatic heterocycles. The molecule has 90 valence electrons. The summed E-state index contributed by atoms with van der Waals surface area (Å²) in [6.45, 7) is 0.346. The Bertz CT molecular complexity index is 324. The molecule has 0 saturated carbocycles. The van der Waals surface area contributed by atoms with E-state index in [-0.39, 0.29) is 0 Å². The van der Waals surface area contributed by atoms with Crippen LogP contribution in [0.5, 0.6) is 0 Å². The van der Waals surface area contributed by atoms with Gasteiger partial charge >= 0.3 is 12.1 Å². The van der Waals surface area contributed by atoms with Crippen molar-refractivity contribution in [3.05, 3.63) is 12.3 Å². The Morgan fingerprint density at radius 3 is 2.50 bits per heavy atom. The summed E-state index contributed by atoms with van der Waals surface area (Å²) in [6, 6.07) is -0.836. The molecular formula is C9H10F3NO3. The molecule has 16 heavy (non-hydrogen) atoms. The minimum atomic E-state index is -4.91. The number of rotatable bonds is 3. The summed E-state index contributed by atoms with van der Waals surface area (Å²) in [4.78, 5) is 22.4. The molecule has 1 aliphatic rings. The average molecular weight is 237 g/mol. The van der Waals surface area contributed by atoms with E-state index in [0.29, 0.717) is 25.5 Å². The highest BCUT2D eigenvalue weighted by Crippen LogP contribution is 2.20. The lowest BCUT2D eigenvalue weighted by Gasteiger charge is -2.18. The van der Waals surface area contributed by atoms with Crippen LogP contribution in [0.3, 0.4) is 0 Å².